The summed E-state index contributed by atoms with van der Waals surface area (Å²) in [5.41, 5.74) is 1.25. The third-order valence-electron chi connectivity index (χ3n) is 4.03. The molecule has 0 unspecified atom stereocenters. The molecule has 0 spiro atoms. The monoisotopic (exact) mass is 430 g/mol. The highest BCUT2D eigenvalue weighted by molar-refractivity contribution is 6.31. The summed E-state index contributed by atoms with van der Waals surface area (Å²) in [4.78, 5) is 36.1. The highest BCUT2D eigenvalue weighted by Crippen LogP contribution is 2.32. The maximum Gasteiger partial charge on any atom is 0.330 e. The smallest absolute Gasteiger partial charge is 0.330 e. The molecule has 1 aliphatic heterocycles. The Bertz CT molecular complexity index is 1000. The first kappa shape index (κ1) is 21.2. The lowest BCUT2D eigenvalue weighted by atomic mass is 10.1. The summed E-state index contributed by atoms with van der Waals surface area (Å²) in [5, 5.41) is 5.67. The van der Waals surface area contributed by atoms with E-state index in [0.29, 0.717) is 16.5 Å². The van der Waals surface area contributed by atoms with E-state index in [2.05, 4.69) is 10.6 Å². The highest BCUT2D eigenvalue weighted by Gasteiger charge is 2.16. The Kier molecular flexibility index (Phi) is 6.92. The molecule has 156 valence electrons. The maximum atomic E-state index is 12.7. The zero-order chi connectivity index (χ0) is 21.5. The lowest BCUT2D eigenvalue weighted by Crippen LogP contribution is -2.24. The van der Waals surface area contributed by atoms with Crippen LogP contribution < -0.4 is 20.1 Å². The molecule has 9 heteroatoms. The van der Waals surface area contributed by atoms with Crippen LogP contribution in [0.3, 0.4) is 0 Å². The Morgan fingerprint density at radius 1 is 1.10 bits per heavy atom. The number of carbonyl (C=O) groups excluding carboxylic acids is 3. The topological polar surface area (TPSA) is 103 Å². The van der Waals surface area contributed by atoms with Crippen molar-refractivity contribution >= 4 is 35.1 Å². The number of hydrogen-bond acceptors (Lipinski definition) is 6. The Morgan fingerprint density at radius 2 is 1.90 bits per heavy atom. The Hall–Kier alpha value is -3.52. The molecular formula is C21H19ClN2O6. The van der Waals surface area contributed by atoms with Crippen LogP contribution in [0.25, 0.3) is 0 Å². The van der Waals surface area contributed by atoms with Crippen molar-refractivity contribution in [3.8, 4) is 11.5 Å². The van der Waals surface area contributed by atoms with Crippen LogP contribution >= 0.6 is 11.6 Å². The summed E-state index contributed by atoms with van der Waals surface area (Å²) in [5.74, 6) is -0.382. The van der Waals surface area contributed by atoms with E-state index in [-0.39, 0.29) is 31.2 Å². The molecule has 0 saturated heterocycles. The lowest BCUT2D eigenvalue weighted by Gasteiger charge is -2.11. The predicted octanol–water partition coefficient (Wildman–Crippen LogP) is 3.06. The van der Waals surface area contributed by atoms with Gasteiger partial charge in [-0.3, -0.25) is 9.59 Å². The number of fused-ring (bicyclic) bond motifs is 1. The summed E-state index contributed by atoms with van der Waals surface area (Å²) >= 11 is 6.02. The SMILES string of the molecule is CCOC(=O)C=CC(=O)Nc1ccc(Cl)cc1C(=O)NCc1ccc2c(c1)OCO2. The molecule has 1 aliphatic rings. The summed E-state index contributed by atoms with van der Waals surface area (Å²) in [6.45, 7) is 2.27. The van der Waals surface area contributed by atoms with Gasteiger partial charge >= 0.3 is 5.97 Å². The van der Waals surface area contributed by atoms with Crippen LogP contribution in [0.5, 0.6) is 11.5 Å². The normalized spacial score (nSPS) is 11.9. The number of benzene rings is 2. The fourth-order valence-corrected chi connectivity index (χ4v) is 2.82. The third-order valence-corrected chi connectivity index (χ3v) is 4.27. The minimum absolute atomic E-state index is 0.168. The second-order valence-electron chi connectivity index (χ2n) is 6.13. The van der Waals surface area contributed by atoms with Gasteiger partial charge in [0.2, 0.25) is 12.7 Å². The standard InChI is InChI=1S/C21H19ClN2O6/c1-2-28-20(26)8-7-19(25)24-16-5-4-14(22)10-15(16)21(27)23-11-13-3-6-17-18(9-13)30-12-29-17/h3-10H,2,11-12H2,1H3,(H,23,27)(H,24,25). The number of amides is 2. The minimum Gasteiger partial charge on any atom is -0.463 e. The van der Waals surface area contributed by atoms with Crippen molar-refractivity contribution in [3.63, 3.8) is 0 Å². The molecule has 1 heterocycles. The van der Waals surface area contributed by atoms with Crippen LogP contribution in [0.1, 0.15) is 22.8 Å². The van der Waals surface area contributed by atoms with Gasteiger partial charge in [-0.25, -0.2) is 4.79 Å². The van der Waals surface area contributed by atoms with Gasteiger partial charge in [-0.1, -0.05) is 17.7 Å². The molecule has 2 amide bonds. The van der Waals surface area contributed by atoms with Crippen molar-refractivity contribution in [2.45, 2.75) is 13.5 Å². The van der Waals surface area contributed by atoms with E-state index >= 15 is 0 Å². The molecule has 0 bridgehead atoms. The van der Waals surface area contributed by atoms with Crippen molar-refractivity contribution < 1.29 is 28.6 Å². The maximum absolute atomic E-state index is 12.7. The number of ether oxygens (including phenoxy) is 3. The quantitative estimate of drug-likeness (QED) is 0.517. The van der Waals surface area contributed by atoms with Gasteiger partial charge in [0.05, 0.1) is 17.9 Å². The van der Waals surface area contributed by atoms with Gasteiger partial charge in [-0.15, -0.1) is 0 Å². The van der Waals surface area contributed by atoms with E-state index in [0.717, 1.165) is 17.7 Å². The molecule has 0 saturated carbocycles. The molecule has 2 aromatic rings. The summed E-state index contributed by atoms with van der Waals surface area (Å²) in [7, 11) is 0. The molecule has 0 fully saturated rings. The molecular weight excluding hydrogens is 412 g/mol. The molecule has 3 rings (SSSR count). The predicted molar refractivity (Wildman–Crippen MR) is 110 cm³/mol. The summed E-state index contributed by atoms with van der Waals surface area (Å²) in [6.07, 6.45) is 2.04. The minimum atomic E-state index is -0.634. The van der Waals surface area contributed by atoms with E-state index in [1.807, 2.05) is 6.07 Å². The first-order valence-corrected chi connectivity index (χ1v) is 9.46. The summed E-state index contributed by atoms with van der Waals surface area (Å²) < 4.78 is 15.3. The number of hydrogen-bond donors (Lipinski definition) is 2. The lowest BCUT2D eigenvalue weighted by molar-refractivity contribution is -0.137. The largest absolute Gasteiger partial charge is 0.463 e. The number of rotatable bonds is 7. The van der Waals surface area contributed by atoms with Gasteiger partial charge in [0.15, 0.2) is 11.5 Å². The average Bonchev–Trinajstić information content (AvgIpc) is 3.20. The Balaban J connectivity index is 1.67. The van der Waals surface area contributed by atoms with Crippen molar-refractivity contribution in [2.75, 3.05) is 18.7 Å². The Morgan fingerprint density at radius 3 is 2.70 bits per heavy atom. The average molecular weight is 431 g/mol. The van der Waals surface area contributed by atoms with Crippen LogP contribution in [0.4, 0.5) is 5.69 Å². The van der Waals surface area contributed by atoms with Crippen molar-refractivity contribution in [1.82, 2.24) is 5.32 Å². The molecule has 8 nitrogen and oxygen atoms in total. The van der Waals surface area contributed by atoms with E-state index in [1.54, 1.807) is 25.1 Å². The van der Waals surface area contributed by atoms with Crippen LogP contribution in [0, 0.1) is 0 Å². The molecule has 2 N–H and O–H groups in total. The second kappa shape index (κ2) is 9.80. The van der Waals surface area contributed by atoms with Gasteiger partial charge in [-0.2, -0.15) is 0 Å². The molecule has 30 heavy (non-hydrogen) atoms. The zero-order valence-corrected chi connectivity index (χ0v) is 16.8. The van der Waals surface area contributed by atoms with Gasteiger partial charge in [0, 0.05) is 23.7 Å². The fraction of sp³-hybridized carbons (Fsp3) is 0.190. The Labute approximate surface area is 177 Å². The van der Waals surface area contributed by atoms with Crippen LogP contribution in [0.15, 0.2) is 48.6 Å². The summed E-state index contributed by atoms with van der Waals surface area (Å²) in [6, 6.07) is 9.86. The molecule has 2 aromatic carbocycles. The van der Waals surface area contributed by atoms with Crippen LogP contribution in [-0.2, 0) is 20.9 Å². The van der Waals surface area contributed by atoms with E-state index in [1.165, 1.54) is 12.1 Å². The number of nitrogens with one attached hydrogen (secondary N) is 2. The second-order valence-corrected chi connectivity index (χ2v) is 6.57. The van der Waals surface area contributed by atoms with Crippen molar-refractivity contribution in [2.24, 2.45) is 0 Å². The van der Waals surface area contributed by atoms with Gasteiger partial charge < -0.3 is 24.8 Å². The van der Waals surface area contributed by atoms with Gasteiger partial charge in [0.25, 0.3) is 5.91 Å². The highest BCUT2D eigenvalue weighted by atomic mass is 35.5. The molecule has 0 radical (unpaired) electrons. The number of halogens is 1. The van der Waals surface area contributed by atoms with E-state index < -0.39 is 17.8 Å². The zero-order valence-electron chi connectivity index (χ0n) is 16.1. The van der Waals surface area contributed by atoms with Gasteiger partial charge in [0.1, 0.15) is 0 Å². The molecule has 0 aromatic heterocycles. The fourth-order valence-electron chi connectivity index (χ4n) is 2.65. The van der Waals surface area contributed by atoms with Crippen molar-refractivity contribution in [3.05, 3.63) is 64.7 Å². The van der Waals surface area contributed by atoms with E-state index in [4.69, 9.17) is 25.8 Å². The van der Waals surface area contributed by atoms with Gasteiger partial charge in [-0.05, 0) is 42.8 Å². The molecule has 0 aliphatic carbocycles. The molecule has 0 atom stereocenters. The number of carbonyl (C=O) groups is 3. The van der Waals surface area contributed by atoms with Crippen molar-refractivity contribution in [1.29, 1.82) is 0 Å². The van der Waals surface area contributed by atoms with Crippen LogP contribution in [0.2, 0.25) is 5.02 Å². The van der Waals surface area contributed by atoms with E-state index in [9.17, 15) is 14.4 Å². The number of anilines is 1. The third kappa shape index (κ3) is 5.51. The van der Waals surface area contributed by atoms with Crippen LogP contribution in [-0.4, -0.2) is 31.2 Å². The first-order chi connectivity index (χ1) is 14.5. The number of esters is 1. The first-order valence-electron chi connectivity index (χ1n) is 9.08.